The number of rotatable bonds is 7. The van der Waals surface area contributed by atoms with Crippen molar-refractivity contribution < 1.29 is 9.53 Å². The largest absolute Gasteiger partial charge is 0.465 e. The van der Waals surface area contributed by atoms with Crippen LogP contribution < -0.4 is 5.73 Å². The molecular weight excluding hydrogens is 216 g/mol. The first-order chi connectivity index (χ1) is 7.86. The molecule has 0 aliphatic heterocycles. The maximum absolute atomic E-state index is 11.8. The Morgan fingerprint density at radius 3 is 2.53 bits per heavy atom. The smallest absolute Gasteiger partial charge is 0.327 e. The number of nitrogens with zero attached hydrogens (tertiary/aromatic N) is 1. The normalized spacial score (nSPS) is 19.5. The van der Waals surface area contributed by atoms with Crippen LogP contribution in [0, 0.1) is 5.92 Å². The van der Waals surface area contributed by atoms with Crippen molar-refractivity contribution in [3.05, 3.63) is 0 Å². The quantitative estimate of drug-likeness (QED) is 0.685. The number of carbonyl (C=O) groups excluding carboxylic acids is 1. The minimum absolute atomic E-state index is 0.297. The van der Waals surface area contributed by atoms with Crippen molar-refractivity contribution >= 4 is 5.97 Å². The van der Waals surface area contributed by atoms with Crippen molar-refractivity contribution in [2.24, 2.45) is 11.7 Å². The van der Waals surface area contributed by atoms with E-state index in [9.17, 15) is 4.79 Å². The molecule has 4 nitrogen and oxygen atoms in total. The first-order valence-electron chi connectivity index (χ1n) is 6.57. The molecule has 1 saturated carbocycles. The van der Waals surface area contributed by atoms with E-state index in [0.29, 0.717) is 25.1 Å². The van der Waals surface area contributed by atoms with Crippen LogP contribution in [0.3, 0.4) is 0 Å². The van der Waals surface area contributed by atoms with E-state index in [1.807, 2.05) is 0 Å². The van der Waals surface area contributed by atoms with Gasteiger partial charge in [0, 0.05) is 19.1 Å². The van der Waals surface area contributed by atoms with E-state index >= 15 is 0 Å². The van der Waals surface area contributed by atoms with E-state index in [2.05, 4.69) is 18.7 Å². The first-order valence-corrected chi connectivity index (χ1v) is 6.57. The molecule has 1 atom stereocenters. The van der Waals surface area contributed by atoms with Gasteiger partial charge in [-0.3, -0.25) is 9.69 Å². The molecule has 0 aromatic heterocycles. The Bertz CT molecular complexity index is 260. The molecule has 1 fully saturated rings. The summed E-state index contributed by atoms with van der Waals surface area (Å²) in [6.07, 6.45) is 2.46. The van der Waals surface area contributed by atoms with Crippen LogP contribution in [0.25, 0.3) is 0 Å². The lowest BCUT2D eigenvalue weighted by atomic mass is 10.0. The Morgan fingerprint density at radius 1 is 1.53 bits per heavy atom. The third-order valence-corrected chi connectivity index (χ3v) is 2.94. The molecule has 0 radical (unpaired) electrons. The summed E-state index contributed by atoms with van der Waals surface area (Å²) < 4.78 is 5.02. The van der Waals surface area contributed by atoms with E-state index < -0.39 is 5.54 Å². The highest BCUT2D eigenvalue weighted by molar-refractivity contribution is 5.80. The molecule has 17 heavy (non-hydrogen) atoms. The van der Waals surface area contributed by atoms with Crippen molar-refractivity contribution in [1.29, 1.82) is 0 Å². The number of nitrogens with two attached hydrogens (primary N) is 1. The van der Waals surface area contributed by atoms with Gasteiger partial charge >= 0.3 is 5.97 Å². The Hall–Kier alpha value is -0.610. The molecule has 2 N–H and O–H groups in total. The van der Waals surface area contributed by atoms with Crippen molar-refractivity contribution in [1.82, 2.24) is 4.90 Å². The molecule has 0 heterocycles. The van der Waals surface area contributed by atoms with Crippen LogP contribution in [0.1, 0.15) is 40.5 Å². The lowest BCUT2D eigenvalue weighted by Gasteiger charge is -2.32. The molecule has 100 valence electrons. The van der Waals surface area contributed by atoms with E-state index in [0.717, 1.165) is 6.54 Å². The number of esters is 1. The molecule has 4 heteroatoms. The van der Waals surface area contributed by atoms with Crippen molar-refractivity contribution in [2.45, 2.75) is 52.1 Å². The van der Waals surface area contributed by atoms with Gasteiger partial charge in [-0.2, -0.15) is 0 Å². The molecule has 1 aliphatic carbocycles. The van der Waals surface area contributed by atoms with Crippen LogP contribution in [-0.4, -0.2) is 42.1 Å². The Balaban J connectivity index is 2.55. The number of ether oxygens (including phenoxy) is 1. The van der Waals surface area contributed by atoms with Crippen molar-refractivity contribution in [2.75, 3.05) is 19.7 Å². The van der Waals surface area contributed by atoms with Crippen LogP contribution in [-0.2, 0) is 9.53 Å². The molecule has 0 saturated heterocycles. The minimum atomic E-state index is -0.895. The zero-order chi connectivity index (χ0) is 13.1. The highest BCUT2D eigenvalue weighted by Crippen LogP contribution is 2.28. The lowest BCUT2D eigenvalue weighted by Crippen LogP contribution is -2.55. The standard InChI is InChI=1S/C13H26N2O2/c1-5-17-12(16)13(4,14)9-15(8-10(2)3)11-6-7-11/h10-11H,5-9,14H2,1-4H3. The summed E-state index contributed by atoms with van der Waals surface area (Å²) >= 11 is 0. The molecule has 1 rings (SSSR count). The predicted octanol–water partition coefficient (Wildman–Crippen LogP) is 1.39. The second-order valence-electron chi connectivity index (χ2n) is 5.69. The Labute approximate surface area is 104 Å². The predicted molar refractivity (Wildman–Crippen MR) is 68.7 cm³/mol. The van der Waals surface area contributed by atoms with Crippen LogP contribution in [0.2, 0.25) is 0 Å². The molecule has 0 amide bonds. The van der Waals surface area contributed by atoms with Gasteiger partial charge in [0.1, 0.15) is 5.54 Å². The maximum atomic E-state index is 11.8. The van der Waals surface area contributed by atoms with Gasteiger partial charge in [-0.1, -0.05) is 13.8 Å². The van der Waals surface area contributed by atoms with Crippen LogP contribution >= 0.6 is 0 Å². The van der Waals surface area contributed by atoms with Gasteiger partial charge < -0.3 is 10.5 Å². The van der Waals surface area contributed by atoms with Gasteiger partial charge in [0.2, 0.25) is 0 Å². The SMILES string of the molecule is CCOC(=O)C(C)(N)CN(CC(C)C)C1CC1. The second-order valence-corrected chi connectivity index (χ2v) is 5.69. The average molecular weight is 242 g/mol. The third kappa shape index (κ3) is 4.64. The molecule has 0 aromatic carbocycles. The Kier molecular flexibility index (Phi) is 4.95. The molecule has 1 aliphatic rings. The minimum Gasteiger partial charge on any atom is -0.465 e. The van der Waals surface area contributed by atoms with Gasteiger partial charge in [-0.25, -0.2) is 0 Å². The lowest BCUT2D eigenvalue weighted by molar-refractivity contribution is -0.149. The molecular formula is C13H26N2O2. The molecule has 0 bridgehead atoms. The monoisotopic (exact) mass is 242 g/mol. The fourth-order valence-corrected chi connectivity index (χ4v) is 2.03. The van der Waals surface area contributed by atoms with E-state index in [1.165, 1.54) is 12.8 Å². The molecule has 0 aromatic rings. The van der Waals surface area contributed by atoms with E-state index in [-0.39, 0.29) is 5.97 Å². The van der Waals surface area contributed by atoms with Gasteiger partial charge in [0.15, 0.2) is 0 Å². The molecule has 0 spiro atoms. The van der Waals surface area contributed by atoms with Gasteiger partial charge in [-0.15, -0.1) is 0 Å². The first kappa shape index (κ1) is 14.5. The average Bonchev–Trinajstić information content (AvgIpc) is 2.98. The molecule has 1 unspecified atom stereocenters. The van der Waals surface area contributed by atoms with Crippen LogP contribution in [0.15, 0.2) is 0 Å². The topological polar surface area (TPSA) is 55.6 Å². The summed E-state index contributed by atoms with van der Waals surface area (Å²) in [4.78, 5) is 14.1. The zero-order valence-electron chi connectivity index (χ0n) is 11.5. The maximum Gasteiger partial charge on any atom is 0.327 e. The third-order valence-electron chi connectivity index (χ3n) is 2.94. The summed E-state index contributed by atoms with van der Waals surface area (Å²) in [5.41, 5.74) is 5.18. The summed E-state index contributed by atoms with van der Waals surface area (Å²) in [5, 5.41) is 0. The van der Waals surface area contributed by atoms with E-state index in [1.54, 1.807) is 13.8 Å². The number of carbonyl (C=O) groups is 1. The zero-order valence-corrected chi connectivity index (χ0v) is 11.5. The summed E-state index contributed by atoms with van der Waals surface area (Å²) in [5.74, 6) is 0.294. The van der Waals surface area contributed by atoms with E-state index in [4.69, 9.17) is 10.5 Å². The highest BCUT2D eigenvalue weighted by Gasteiger charge is 2.37. The van der Waals surface area contributed by atoms with Gasteiger partial charge in [-0.05, 0) is 32.6 Å². The fourth-order valence-electron chi connectivity index (χ4n) is 2.03. The van der Waals surface area contributed by atoms with Gasteiger partial charge in [0.05, 0.1) is 6.61 Å². The van der Waals surface area contributed by atoms with Crippen LogP contribution in [0.4, 0.5) is 0 Å². The van der Waals surface area contributed by atoms with Gasteiger partial charge in [0.25, 0.3) is 0 Å². The highest BCUT2D eigenvalue weighted by atomic mass is 16.5. The Morgan fingerprint density at radius 2 is 2.12 bits per heavy atom. The fraction of sp³-hybridized carbons (Fsp3) is 0.923. The summed E-state index contributed by atoms with van der Waals surface area (Å²) in [6, 6.07) is 0.620. The summed E-state index contributed by atoms with van der Waals surface area (Å²) in [6.45, 7) is 9.92. The number of hydrogen-bond acceptors (Lipinski definition) is 4. The van der Waals surface area contributed by atoms with Crippen molar-refractivity contribution in [3.8, 4) is 0 Å². The number of hydrogen-bond donors (Lipinski definition) is 1. The van der Waals surface area contributed by atoms with Crippen LogP contribution in [0.5, 0.6) is 0 Å². The second kappa shape index (κ2) is 5.83. The summed E-state index contributed by atoms with van der Waals surface area (Å²) in [7, 11) is 0. The van der Waals surface area contributed by atoms with Crippen molar-refractivity contribution in [3.63, 3.8) is 0 Å².